The van der Waals surface area contributed by atoms with Crippen LogP contribution in [-0.4, -0.2) is 30.5 Å². The molecule has 0 saturated carbocycles. The number of nitrogens with two attached hydrogens (primary N) is 1. The molecule has 2 aromatic rings. The van der Waals surface area contributed by atoms with Crippen molar-refractivity contribution >= 4 is 16.7 Å². The van der Waals surface area contributed by atoms with Crippen LogP contribution < -0.4 is 11.1 Å². The average molecular weight is 397 g/mol. The van der Waals surface area contributed by atoms with E-state index in [1.165, 1.54) is 48.4 Å². The molecule has 0 aliphatic heterocycles. The van der Waals surface area contributed by atoms with Gasteiger partial charge < -0.3 is 16.0 Å². The molecule has 0 radical (unpaired) electrons. The van der Waals surface area contributed by atoms with Crippen molar-refractivity contribution in [3.8, 4) is 0 Å². The van der Waals surface area contributed by atoms with Crippen molar-refractivity contribution in [2.75, 3.05) is 19.6 Å². The Morgan fingerprint density at radius 3 is 2.48 bits per heavy atom. The van der Waals surface area contributed by atoms with Gasteiger partial charge in [0.2, 0.25) is 0 Å². The largest absolute Gasteiger partial charge is 0.370 e. The van der Waals surface area contributed by atoms with Crippen LogP contribution in [0.25, 0.3) is 10.8 Å². The summed E-state index contributed by atoms with van der Waals surface area (Å²) in [5, 5.41) is 14.0. The van der Waals surface area contributed by atoms with E-state index >= 15 is 0 Å². The van der Waals surface area contributed by atoms with Gasteiger partial charge in [-0.3, -0.25) is 5.41 Å². The fraction of sp³-hybridized carbons (Fsp3) is 0.560. The lowest BCUT2D eigenvalue weighted by Crippen LogP contribution is -2.38. The van der Waals surface area contributed by atoms with E-state index in [-0.39, 0.29) is 5.96 Å². The van der Waals surface area contributed by atoms with E-state index in [4.69, 9.17) is 11.1 Å². The highest BCUT2D eigenvalue weighted by Gasteiger charge is 2.07. The number of rotatable bonds is 14. The van der Waals surface area contributed by atoms with E-state index in [2.05, 4.69) is 61.6 Å². The predicted octanol–water partition coefficient (Wildman–Crippen LogP) is 5.51. The standard InChI is InChI=1S/C25H40N4/c1-3-21(2)11-10-18-29(25(26)27)17-9-5-4-8-16-28-20-22-14-15-23-12-6-7-13-24(23)19-22/h6-7,12-15,19,21,28H,3-5,8-11,16-18,20H2,1-2H3,(H3,26,27). The second-order valence-electron chi connectivity index (χ2n) is 8.30. The maximum atomic E-state index is 7.78. The molecule has 4 heteroatoms. The second-order valence-corrected chi connectivity index (χ2v) is 8.30. The van der Waals surface area contributed by atoms with E-state index in [1.807, 2.05) is 4.90 Å². The summed E-state index contributed by atoms with van der Waals surface area (Å²) in [6.45, 7) is 8.36. The number of nitrogens with zero attached hydrogens (tertiary/aromatic N) is 1. The number of hydrogen-bond donors (Lipinski definition) is 3. The van der Waals surface area contributed by atoms with Crippen molar-refractivity contribution in [3.63, 3.8) is 0 Å². The quantitative estimate of drug-likeness (QED) is 0.224. The van der Waals surface area contributed by atoms with Gasteiger partial charge in [0.1, 0.15) is 0 Å². The molecule has 2 rings (SSSR count). The molecular weight excluding hydrogens is 356 g/mol. The van der Waals surface area contributed by atoms with Crippen molar-refractivity contribution in [2.45, 2.75) is 65.3 Å². The molecule has 0 heterocycles. The van der Waals surface area contributed by atoms with Crippen LogP contribution in [0.2, 0.25) is 0 Å². The Balaban J connectivity index is 1.53. The van der Waals surface area contributed by atoms with Crippen molar-refractivity contribution in [3.05, 3.63) is 48.0 Å². The Labute approximate surface area is 177 Å². The Kier molecular flexibility index (Phi) is 10.6. The molecule has 0 aromatic heterocycles. The zero-order valence-electron chi connectivity index (χ0n) is 18.4. The molecule has 29 heavy (non-hydrogen) atoms. The molecule has 0 fully saturated rings. The van der Waals surface area contributed by atoms with Gasteiger partial charge in [0, 0.05) is 19.6 Å². The van der Waals surface area contributed by atoms with Crippen LogP contribution in [0.3, 0.4) is 0 Å². The highest BCUT2D eigenvalue weighted by Crippen LogP contribution is 2.15. The van der Waals surface area contributed by atoms with Crippen LogP contribution in [-0.2, 0) is 6.54 Å². The van der Waals surface area contributed by atoms with Gasteiger partial charge >= 0.3 is 0 Å². The lowest BCUT2D eigenvalue weighted by atomic mass is 10.0. The first kappa shape index (κ1) is 23.2. The number of nitrogens with one attached hydrogen (secondary N) is 2. The smallest absolute Gasteiger partial charge is 0.188 e. The van der Waals surface area contributed by atoms with Gasteiger partial charge in [0.15, 0.2) is 5.96 Å². The van der Waals surface area contributed by atoms with Crippen molar-refractivity contribution in [1.29, 1.82) is 5.41 Å². The number of hydrogen-bond acceptors (Lipinski definition) is 2. The Morgan fingerprint density at radius 2 is 1.72 bits per heavy atom. The summed E-state index contributed by atoms with van der Waals surface area (Å²) in [5.41, 5.74) is 7.10. The van der Waals surface area contributed by atoms with Gasteiger partial charge in [-0.05, 0) is 60.5 Å². The predicted molar refractivity (Wildman–Crippen MR) is 126 cm³/mol. The van der Waals surface area contributed by atoms with Crippen LogP contribution in [0.15, 0.2) is 42.5 Å². The Hall–Kier alpha value is -2.07. The normalized spacial score (nSPS) is 12.2. The average Bonchev–Trinajstić information content (AvgIpc) is 2.73. The molecular formula is C25H40N4. The molecule has 0 amide bonds. The first-order chi connectivity index (χ1) is 14.1. The topological polar surface area (TPSA) is 65.1 Å². The molecule has 0 aliphatic carbocycles. The molecule has 0 bridgehead atoms. The van der Waals surface area contributed by atoms with Gasteiger partial charge in [0.25, 0.3) is 0 Å². The second kappa shape index (κ2) is 13.2. The molecule has 0 saturated heterocycles. The monoisotopic (exact) mass is 396 g/mol. The number of fused-ring (bicyclic) bond motifs is 1. The third-order valence-corrected chi connectivity index (χ3v) is 5.84. The summed E-state index contributed by atoms with van der Waals surface area (Å²) in [4.78, 5) is 2.04. The van der Waals surface area contributed by atoms with Gasteiger partial charge in [-0.25, -0.2) is 0 Å². The molecule has 1 atom stereocenters. The maximum Gasteiger partial charge on any atom is 0.188 e. The van der Waals surface area contributed by atoms with Crippen LogP contribution in [0.1, 0.15) is 64.4 Å². The summed E-state index contributed by atoms with van der Waals surface area (Å²) in [6, 6.07) is 15.2. The molecule has 0 spiro atoms. The minimum atomic E-state index is 0.228. The van der Waals surface area contributed by atoms with Crippen LogP contribution in [0.4, 0.5) is 0 Å². The molecule has 4 nitrogen and oxygen atoms in total. The summed E-state index contributed by atoms with van der Waals surface area (Å²) in [7, 11) is 0. The van der Waals surface area contributed by atoms with Gasteiger partial charge in [-0.1, -0.05) is 69.5 Å². The van der Waals surface area contributed by atoms with E-state index in [9.17, 15) is 0 Å². The molecule has 160 valence electrons. The first-order valence-corrected chi connectivity index (χ1v) is 11.4. The van der Waals surface area contributed by atoms with E-state index in [0.29, 0.717) is 0 Å². The van der Waals surface area contributed by atoms with E-state index < -0.39 is 0 Å². The first-order valence-electron chi connectivity index (χ1n) is 11.4. The zero-order valence-corrected chi connectivity index (χ0v) is 18.4. The lowest BCUT2D eigenvalue weighted by molar-refractivity contribution is 0.363. The van der Waals surface area contributed by atoms with Crippen molar-refractivity contribution in [1.82, 2.24) is 10.2 Å². The highest BCUT2D eigenvalue weighted by molar-refractivity contribution is 5.82. The Morgan fingerprint density at radius 1 is 1.00 bits per heavy atom. The summed E-state index contributed by atoms with van der Waals surface area (Å²) < 4.78 is 0. The van der Waals surface area contributed by atoms with Gasteiger partial charge in [-0.15, -0.1) is 0 Å². The summed E-state index contributed by atoms with van der Waals surface area (Å²) >= 11 is 0. The molecule has 4 N–H and O–H groups in total. The number of guanidine groups is 1. The van der Waals surface area contributed by atoms with Crippen LogP contribution >= 0.6 is 0 Å². The maximum absolute atomic E-state index is 7.78. The third-order valence-electron chi connectivity index (χ3n) is 5.84. The summed E-state index contributed by atoms with van der Waals surface area (Å²) in [6.07, 6.45) is 8.33. The highest BCUT2D eigenvalue weighted by atomic mass is 15.2. The van der Waals surface area contributed by atoms with Crippen LogP contribution in [0, 0.1) is 11.3 Å². The van der Waals surface area contributed by atoms with Gasteiger partial charge in [-0.2, -0.15) is 0 Å². The number of benzene rings is 2. The minimum absolute atomic E-state index is 0.228. The fourth-order valence-corrected chi connectivity index (χ4v) is 3.68. The summed E-state index contributed by atoms with van der Waals surface area (Å²) in [5.74, 6) is 0.997. The minimum Gasteiger partial charge on any atom is -0.370 e. The SMILES string of the molecule is CCC(C)CCCN(CCCCCCNCc1ccc2ccccc2c1)C(=N)N. The lowest BCUT2D eigenvalue weighted by Gasteiger charge is -2.23. The van der Waals surface area contributed by atoms with Crippen molar-refractivity contribution in [2.24, 2.45) is 11.7 Å². The van der Waals surface area contributed by atoms with Gasteiger partial charge in [0.05, 0.1) is 0 Å². The zero-order chi connectivity index (χ0) is 20.9. The number of unbranched alkanes of at least 4 members (excludes halogenated alkanes) is 3. The van der Waals surface area contributed by atoms with Crippen LogP contribution in [0.5, 0.6) is 0 Å². The molecule has 0 aliphatic rings. The van der Waals surface area contributed by atoms with E-state index in [0.717, 1.165) is 44.9 Å². The fourth-order valence-electron chi connectivity index (χ4n) is 3.68. The molecule has 1 unspecified atom stereocenters. The Bertz CT molecular complexity index is 728. The third kappa shape index (κ3) is 8.86. The van der Waals surface area contributed by atoms with Crippen molar-refractivity contribution < 1.29 is 0 Å². The molecule has 2 aromatic carbocycles. The van der Waals surface area contributed by atoms with E-state index in [1.54, 1.807) is 0 Å².